The topological polar surface area (TPSA) is 90.7 Å². The summed E-state index contributed by atoms with van der Waals surface area (Å²) in [6, 6.07) is 23.2. The van der Waals surface area contributed by atoms with Gasteiger partial charge in [-0.15, -0.1) is 0 Å². The van der Waals surface area contributed by atoms with Crippen LogP contribution in [0.25, 0.3) is 10.8 Å². The summed E-state index contributed by atoms with van der Waals surface area (Å²) in [4.78, 5) is 9.76. The molecule has 0 aliphatic carbocycles. The molecule has 0 spiro atoms. The average molecular weight is 293 g/mol. The Labute approximate surface area is 128 Å². The minimum Gasteiger partial charge on any atom is -0.258 e. The van der Waals surface area contributed by atoms with E-state index in [0.29, 0.717) is 0 Å². The van der Waals surface area contributed by atoms with Crippen molar-refractivity contribution in [1.29, 1.82) is 10.8 Å². The van der Waals surface area contributed by atoms with Crippen molar-refractivity contribution >= 4 is 16.5 Å². The first-order valence-corrected chi connectivity index (χ1v) is 6.51. The van der Waals surface area contributed by atoms with Gasteiger partial charge in [0.25, 0.3) is 5.69 Å². The van der Waals surface area contributed by atoms with Gasteiger partial charge in [0.05, 0.1) is 4.92 Å². The molecule has 0 bridgehead atoms. The molecule has 3 aromatic carbocycles. The fourth-order valence-electron chi connectivity index (χ4n) is 1.87. The van der Waals surface area contributed by atoms with Crippen molar-refractivity contribution in [3.63, 3.8) is 0 Å². The second-order valence-electron chi connectivity index (χ2n) is 4.44. The standard InChI is InChI=1S/C10H8.C7H7NO2.N2/c1-2-6-10-8-4-3-7-9(10)5-1;1-6-3-2-4-7(5-6)8(9)10;1-2/h1-8H;2-5H,1H3;. The maximum atomic E-state index is 10.2. The minimum atomic E-state index is -0.396. The molecule has 110 valence electrons. The molecule has 0 aliphatic heterocycles. The molecule has 0 atom stereocenters. The van der Waals surface area contributed by atoms with Gasteiger partial charge >= 0.3 is 0 Å². The maximum Gasteiger partial charge on any atom is 0.269 e. The third-order valence-corrected chi connectivity index (χ3v) is 2.87. The minimum absolute atomic E-state index is 0.153. The predicted molar refractivity (Wildman–Crippen MR) is 85.2 cm³/mol. The van der Waals surface area contributed by atoms with Gasteiger partial charge < -0.3 is 0 Å². The van der Waals surface area contributed by atoms with Gasteiger partial charge in [-0.3, -0.25) is 10.1 Å². The van der Waals surface area contributed by atoms with E-state index in [1.54, 1.807) is 12.1 Å². The smallest absolute Gasteiger partial charge is 0.258 e. The highest BCUT2D eigenvalue weighted by Crippen LogP contribution is 2.11. The molecule has 0 radical (unpaired) electrons. The molecule has 0 N–H and O–H groups in total. The molecule has 0 aromatic heterocycles. The molecule has 0 amide bonds. The van der Waals surface area contributed by atoms with E-state index in [1.807, 2.05) is 13.0 Å². The van der Waals surface area contributed by atoms with Crippen LogP contribution in [0.15, 0.2) is 72.8 Å². The number of benzene rings is 3. The van der Waals surface area contributed by atoms with Crippen LogP contribution in [0.2, 0.25) is 0 Å². The lowest BCUT2D eigenvalue weighted by atomic mass is 10.1. The summed E-state index contributed by atoms with van der Waals surface area (Å²) in [6.45, 7) is 1.83. The van der Waals surface area contributed by atoms with E-state index in [9.17, 15) is 10.1 Å². The first-order valence-electron chi connectivity index (χ1n) is 6.51. The summed E-state index contributed by atoms with van der Waals surface area (Å²) in [5.74, 6) is 0. The number of nitro groups is 1. The summed E-state index contributed by atoms with van der Waals surface area (Å²) >= 11 is 0. The van der Waals surface area contributed by atoms with E-state index in [4.69, 9.17) is 10.8 Å². The number of non-ortho nitro benzene ring substituents is 1. The molecule has 22 heavy (non-hydrogen) atoms. The van der Waals surface area contributed by atoms with Crippen molar-refractivity contribution in [3.05, 3.63) is 88.5 Å². The van der Waals surface area contributed by atoms with Crippen LogP contribution in [0.1, 0.15) is 5.56 Å². The first-order chi connectivity index (χ1) is 10.7. The van der Waals surface area contributed by atoms with Gasteiger partial charge in [-0.25, -0.2) is 0 Å². The maximum absolute atomic E-state index is 10.2. The quantitative estimate of drug-likeness (QED) is 0.367. The van der Waals surface area contributed by atoms with Crippen molar-refractivity contribution in [2.45, 2.75) is 6.92 Å². The molecule has 0 unspecified atom stereocenters. The van der Waals surface area contributed by atoms with Crippen LogP contribution in [0.5, 0.6) is 0 Å². The average Bonchev–Trinajstić information content (AvgIpc) is 2.57. The van der Waals surface area contributed by atoms with Crippen LogP contribution in [0.4, 0.5) is 5.69 Å². The van der Waals surface area contributed by atoms with E-state index < -0.39 is 4.92 Å². The Kier molecular flexibility index (Phi) is 6.73. The van der Waals surface area contributed by atoms with E-state index in [-0.39, 0.29) is 5.69 Å². The largest absolute Gasteiger partial charge is 0.269 e. The third kappa shape index (κ3) is 5.02. The highest BCUT2D eigenvalue weighted by Gasteiger charge is 2.01. The summed E-state index contributed by atoms with van der Waals surface area (Å²) in [6.07, 6.45) is 0. The van der Waals surface area contributed by atoms with Crippen molar-refractivity contribution < 1.29 is 4.92 Å². The van der Waals surface area contributed by atoms with Crippen molar-refractivity contribution in [2.24, 2.45) is 0 Å². The molecule has 0 saturated heterocycles. The van der Waals surface area contributed by atoms with Crippen LogP contribution in [-0.4, -0.2) is 4.92 Å². The molecular weight excluding hydrogens is 278 g/mol. The summed E-state index contributed by atoms with van der Waals surface area (Å²) in [5.41, 5.74) is 1.06. The first kappa shape index (κ1) is 16.8. The number of hydrogen-bond donors (Lipinski definition) is 0. The second-order valence-corrected chi connectivity index (χ2v) is 4.44. The molecule has 5 nitrogen and oxygen atoms in total. The molecule has 3 rings (SSSR count). The molecule has 5 heteroatoms. The van der Waals surface area contributed by atoms with Crippen molar-refractivity contribution in [3.8, 4) is 0 Å². The number of nitro benzene ring substituents is 1. The molecular formula is C17H15N3O2. The molecule has 0 saturated carbocycles. The lowest BCUT2D eigenvalue weighted by Gasteiger charge is -1.92. The Morgan fingerprint density at radius 1 is 0.818 bits per heavy atom. The van der Waals surface area contributed by atoms with E-state index in [0.717, 1.165) is 5.56 Å². The Morgan fingerprint density at radius 3 is 1.59 bits per heavy atom. The molecule has 0 fully saturated rings. The van der Waals surface area contributed by atoms with Crippen molar-refractivity contribution in [2.75, 3.05) is 0 Å². The third-order valence-electron chi connectivity index (χ3n) is 2.87. The Morgan fingerprint density at radius 2 is 1.27 bits per heavy atom. The van der Waals surface area contributed by atoms with E-state index in [2.05, 4.69) is 48.5 Å². The lowest BCUT2D eigenvalue weighted by Crippen LogP contribution is -1.86. The molecule has 0 aliphatic rings. The van der Waals surface area contributed by atoms with Crippen LogP contribution in [0, 0.1) is 27.8 Å². The SMILES string of the molecule is Cc1cccc([N+](=O)[O-])c1.N#N.c1ccc2ccccc2c1. The normalized spacial score (nSPS) is 8.86. The zero-order chi connectivity index (χ0) is 16.4. The van der Waals surface area contributed by atoms with Crippen LogP contribution in [-0.2, 0) is 0 Å². The Bertz CT molecular complexity index is 704. The van der Waals surface area contributed by atoms with Gasteiger partial charge in [0, 0.05) is 22.9 Å². The highest BCUT2D eigenvalue weighted by atomic mass is 16.6. The lowest BCUT2D eigenvalue weighted by molar-refractivity contribution is -0.384. The molecule has 0 heterocycles. The van der Waals surface area contributed by atoms with E-state index in [1.165, 1.54) is 16.8 Å². The predicted octanol–water partition coefficient (Wildman–Crippen LogP) is 4.77. The number of hydrogen-bond acceptors (Lipinski definition) is 4. The van der Waals surface area contributed by atoms with E-state index >= 15 is 0 Å². The van der Waals surface area contributed by atoms with Gasteiger partial charge in [-0.1, -0.05) is 60.7 Å². The van der Waals surface area contributed by atoms with Gasteiger partial charge in [0.2, 0.25) is 0 Å². The zero-order valence-corrected chi connectivity index (χ0v) is 12.1. The van der Waals surface area contributed by atoms with Crippen molar-refractivity contribution in [1.82, 2.24) is 0 Å². The summed E-state index contributed by atoms with van der Waals surface area (Å²) in [7, 11) is 0. The number of aryl methyl sites for hydroxylation is 1. The van der Waals surface area contributed by atoms with Crippen LogP contribution >= 0.6 is 0 Å². The molecule has 3 aromatic rings. The van der Waals surface area contributed by atoms with Crippen LogP contribution in [0.3, 0.4) is 0 Å². The van der Waals surface area contributed by atoms with Crippen LogP contribution < -0.4 is 0 Å². The second kappa shape index (κ2) is 8.82. The fourth-order valence-corrected chi connectivity index (χ4v) is 1.87. The monoisotopic (exact) mass is 293 g/mol. The summed E-state index contributed by atoms with van der Waals surface area (Å²) < 4.78 is 0. The number of fused-ring (bicyclic) bond motifs is 1. The zero-order valence-electron chi connectivity index (χ0n) is 12.1. The fraction of sp³-hybridized carbons (Fsp3) is 0.0588. The highest BCUT2D eigenvalue weighted by molar-refractivity contribution is 5.81. The van der Waals surface area contributed by atoms with Gasteiger partial charge in [0.1, 0.15) is 0 Å². The van der Waals surface area contributed by atoms with Gasteiger partial charge in [-0.05, 0) is 23.3 Å². The van der Waals surface area contributed by atoms with Gasteiger partial charge in [0.15, 0.2) is 0 Å². The Balaban J connectivity index is 0.000000198. The summed E-state index contributed by atoms with van der Waals surface area (Å²) in [5, 5.41) is 24.8. The number of rotatable bonds is 1. The van der Waals surface area contributed by atoms with Gasteiger partial charge in [-0.2, -0.15) is 0 Å². The Hall–Kier alpha value is -3.26. The number of nitrogens with zero attached hydrogens (tertiary/aromatic N) is 3.